The highest BCUT2D eigenvalue weighted by Gasteiger charge is 2.35. The van der Waals surface area contributed by atoms with Crippen molar-refractivity contribution in [2.45, 2.75) is 50.6 Å². The van der Waals surface area contributed by atoms with Gasteiger partial charge in [-0.1, -0.05) is 18.2 Å². The van der Waals surface area contributed by atoms with Crippen molar-refractivity contribution in [3.8, 4) is 0 Å². The smallest absolute Gasteiger partial charge is 0.0984 e. The summed E-state index contributed by atoms with van der Waals surface area (Å²) in [5.74, 6) is 0. The van der Waals surface area contributed by atoms with Crippen LogP contribution in [-0.4, -0.2) is 51.4 Å². The molecule has 0 bridgehead atoms. The lowest BCUT2D eigenvalue weighted by Gasteiger charge is -2.40. The molecule has 2 aliphatic heterocycles. The van der Waals surface area contributed by atoms with Gasteiger partial charge in [0.1, 0.15) is 0 Å². The predicted octanol–water partition coefficient (Wildman–Crippen LogP) is 0.381. The minimum atomic E-state index is 0.943. The van der Waals surface area contributed by atoms with E-state index in [1.165, 1.54) is 83.5 Å². The number of para-hydroxylation sites is 1. The number of nitrogens with one attached hydrogen (secondary N) is 2. The van der Waals surface area contributed by atoms with Crippen LogP contribution in [0.25, 0.3) is 0 Å². The number of nitrogens with zero attached hydrogens (tertiary/aromatic N) is 1. The second-order valence-corrected chi connectivity index (χ2v) is 7.89. The van der Waals surface area contributed by atoms with Gasteiger partial charge in [-0.05, 0) is 37.8 Å². The Balaban J connectivity index is 1.25. The van der Waals surface area contributed by atoms with Crippen LogP contribution in [0.5, 0.6) is 0 Å². The fraction of sp³-hybridized carbons (Fsp3) is 0.700. The molecule has 126 valence electrons. The van der Waals surface area contributed by atoms with Crippen LogP contribution in [0.1, 0.15) is 38.5 Å². The third-order valence-corrected chi connectivity index (χ3v) is 6.66. The zero-order valence-electron chi connectivity index (χ0n) is 14.5. The van der Waals surface area contributed by atoms with Crippen molar-refractivity contribution in [3.63, 3.8) is 0 Å². The van der Waals surface area contributed by atoms with Gasteiger partial charge in [0, 0.05) is 18.5 Å². The molecule has 2 heterocycles. The van der Waals surface area contributed by atoms with Gasteiger partial charge in [0.15, 0.2) is 0 Å². The number of quaternary nitrogens is 2. The van der Waals surface area contributed by atoms with Crippen LogP contribution in [0.3, 0.4) is 0 Å². The van der Waals surface area contributed by atoms with Gasteiger partial charge in [-0.15, -0.1) is 0 Å². The molecule has 2 N–H and O–H groups in total. The average Bonchev–Trinajstić information content (AvgIpc) is 3.18. The van der Waals surface area contributed by atoms with Crippen LogP contribution in [0.15, 0.2) is 30.3 Å². The molecule has 23 heavy (non-hydrogen) atoms. The van der Waals surface area contributed by atoms with Gasteiger partial charge < -0.3 is 14.7 Å². The van der Waals surface area contributed by atoms with E-state index in [1.54, 1.807) is 0 Å². The van der Waals surface area contributed by atoms with Gasteiger partial charge in [0.2, 0.25) is 0 Å². The molecule has 0 spiro atoms. The molecule has 1 aromatic carbocycles. The molecule has 0 atom stereocenters. The largest absolute Gasteiger partial charge is 0.360 e. The number of piperidine rings is 1. The quantitative estimate of drug-likeness (QED) is 0.822. The van der Waals surface area contributed by atoms with Crippen LogP contribution in [0, 0.1) is 0 Å². The molecule has 3 aliphatic rings. The molecule has 0 aromatic heterocycles. The zero-order chi connectivity index (χ0) is 15.5. The van der Waals surface area contributed by atoms with Crippen LogP contribution in [0.2, 0.25) is 0 Å². The Morgan fingerprint density at radius 2 is 1.26 bits per heavy atom. The van der Waals surface area contributed by atoms with Crippen molar-refractivity contribution in [3.05, 3.63) is 30.3 Å². The zero-order valence-corrected chi connectivity index (χ0v) is 14.5. The van der Waals surface area contributed by atoms with Crippen molar-refractivity contribution >= 4 is 5.69 Å². The van der Waals surface area contributed by atoms with Crippen molar-refractivity contribution in [2.24, 2.45) is 0 Å². The fourth-order valence-corrected chi connectivity index (χ4v) is 5.24. The van der Waals surface area contributed by atoms with Crippen molar-refractivity contribution in [1.82, 2.24) is 0 Å². The Bertz CT molecular complexity index is 467. The topological polar surface area (TPSA) is 12.1 Å². The van der Waals surface area contributed by atoms with Crippen LogP contribution < -0.4 is 14.7 Å². The standard InChI is InChI=1S/C20H31N3/c1-2-6-19(7-3-1)22-14-16-23(17-15-22)20-10-12-21(13-11-20)18-8-4-5-9-18/h1-3,6-7,18,20H,4-5,8-17H2/p+2. The first-order valence-corrected chi connectivity index (χ1v) is 9.89. The molecular weight excluding hydrogens is 282 g/mol. The minimum absolute atomic E-state index is 0.943. The molecule has 3 nitrogen and oxygen atoms in total. The van der Waals surface area contributed by atoms with Crippen molar-refractivity contribution in [1.29, 1.82) is 0 Å². The number of benzene rings is 1. The molecule has 0 unspecified atom stereocenters. The van der Waals surface area contributed by atoms with Gasteiger partial charge in [-0.2, -0.15) is 0 Å². The van der Waals surface area contributed by atoms with Crippen molar-refractivity contribution < 1.29 is 9.80 Å². The second-order valence-electron chi connectivity index (χ2n) is 7.89. The molecule has 4 rings (SSSR count). The van der Waals surface area contributed by atoms with Gasteiger partial charge >= 0.3 is 0 Å². The lowest BCUT2D eigenvalue weighted by Crippen LogP contribution is -3.23. The molecule has 0 radical (unpaired) electrons. The van der Waals surface area contributed by atoms with E-state index in [-0.39, 0.29) is 0 Å². The maximum absolute atomic E-state index is 2.57. The molecule has 3 fully saturated rings. The van der Waals surface area contributed by atoms with Gasteiger partial charge in [0.05, 0.1) is 51.4 Å². The summed E-state index contributed by atoms with van der Waals surface area (Å²) in [7, 11) is 0. The third kappa shape index (κ3) is 3.56. The van der Waals surface area contributed by atoms with Crippen LogP contribution >= 0.6 is 0 Å². The highest BCUT2D eigenvalue weighted by atomic mass is 15.3. The van der Waals surface area contributed by atoms with E-state index in [0.29, 0.717) is 0 Å². The first-order chi connectivity index (χ1) is 11.4. The fourth-order valence-electron chi connectivity index (χ4n) is 5.24. The Morgan fingerprint density at radius 3 is 1.91 bits per heavy atom. The first kappa shape index (κ1) is 15.5. The number of likely N-dealkylation sites (tertiary alicyclic amines) is 1. The van der Waals surface area contributed by atoms with E-state index in [1.807, 2.05) is 9.80 Å². The Kier molecular flexibility index (Phi) is 4.86. The highest BCUT2D eigenvalue weighted by molar-refractivity contribution is 5.46. The van der Waals surface area contributed by atoms with E-state index < -0.39 is 0 Å². The average molecular weight is 316 g/mol. The van der Waals surface area contributed by atoms with E-state index in [9.17, 15) is 0 Å². The summed E-state index contributed by atoms with van der Waals surface area (Å²) in [6.07, 6.45) is 8.92. The van der Waals surface area contributed by atoms with Crippen LogP contribution in [-0.2, 0) is 0 Å². The number of anilines is 1. The van der Waals surface area contributed by atoms with Gasteiger partial charge in [-0.3, -0.25) is 0 Å². The summed E-state index contributed by atoms with van der Waals surface area (Å²) in [5.41, 5.74) is 1.41. The summed E-state index contributed by atoms with van der Waals surface area (Å²) in [6, 6.07) is 12.9. The number of piperazine rings is 1. The monoisotopic (exact) mass is 315 g/mol. The van der Waals surface area contributed by atoms with E-state index in [0.717, 1.165) is 12.1 Å². The van der Waals surface area contributed by atoms with E-state index in [4.69, 9.17) is 0 Å². The van der Waals surface area contributed by atoms with Crippen molar-refractivity contribution in [2.75, 3.05) is 44.2 Å². The molecule has 2 saturated heterocycles. The number of hydrogen-bond donors (Lipinski definition) is 2. The summed E-state index contributed by atoms with van der Waals surface area (Å²) in [6.45, 7) is 8.02. The maximum atomic E-state index is 2.57. The lowest BCUT2D eigenvalue weighted by atomic mass is 10.00. The molecule has 1 saturated carbocycles. The third-order valence-electron chi connectivity index (χ3n) is 6.66. The normalized spacial score (nSPS) is 30.7. The van der Waals surface area contributed by atoms with Gasteiger partial charge in [-0.25, -0.2) is 0 Å². The molecule has 1 aliphatic carbocycles. The number of hydrogen-bond acceptors (Lipinski definition) is 1. The molecule has 0 amide bonds. The first-order valence-electron chi connectivity index (χ1n) is 9.89. The SMILES string of the molecule is c1ccc(N2CC[NH+](C3CC[NH+](C4CCCC4)CC3)CC2)cc1. The molecular formula is C20H33N3+2. The molecule has 1 aromatic rings. The summed E-state index contributed by atoms with van der Waals surface area (Å²) in [5, 5.41) is 0. The predicted molar refractivity (Wildman–Crippen MR) is 95.3 cm³/mol. The minimum Gasteiger partial charge on any atom is -0.360 e. The summed E-state index contributed by atoms with van der Waals surface area (Å²) < 4.78 is 0. The van der Waals surface area contributed by atoms with Gasteiger partial charge in [0.25, 0.3) is 0 Å². The highest BCUT2D eigenvalue weighted by Crippen LogP contribution is 2.16. The second kappa shape index (κ2) is 7.23. The summed E-state index contributed by atoms with van der Waals surface area (Å²) in [4.78, 5) is 6.41. The molecule has 3 heteroatoms. The summed E-state index contributed by atoms with van der Waals surface area (Å²) >= 11 is 0. The van der Waals surface area contributed by atoms with E-state index in [2.05, 4.69) is 35.2 Å². The lowest BCUT2D eigenvalue weighted by molar-refractivity contribution is -0.968. The number of rotatable bonds is 3. The Labute approximate surface area is 141 Å². The van der Waals surface area contributed by atoms with Crippen LogP contribution in [0.4, 0.5) is 5.69 Å². The Morgan fingerprint density at radius 1 is 0.696 bits per heavy atom. The van der Waals surface area contributed by atoms with E-state index >= 15 is 0 Å². The Hall–Kier alpha value is -1.06. The maximum Gasteiger partial charge on any atom is 0.0984 e.